The third-order valence-corrected chi connectivity index (χ3v) is 15.1. The van der Waals surface area contributed by atoms with Gasteiger partial charge in [-0.2, -0.15) is 0 Å². The maximum absolute atomic E-state index is 13.2. The molecule has 9 rings (SSSR count). The predicted molar refractivity (Wildman–Crippen MR) is 308 cm³/mol. The molecule has 84 heavy (non-hydrogen) atoms. The highest BCUT2D eigenvalue weighted by Gasteiger charge is 2.46. The Hall–Kier alpha value is -8.30. The van der Waals surface area contributed by atoms with Crippen LogP contribution in [0.2, 0.25) is 0 Å². The van der Waals surface area contributed by atoms with E-state index in [0.717, 1.165) is 56.7 Å². The lowest BCUT2D eigenvalue weighted by molar-refractivity contribution is -0.136. The number of piperazine rings is 1. The Balaban J connectivity index is 0.550. The number of anilines is 2. The van der Waals surface area contributed by atoms with E-state index < -0.39 is 48.2 Å². The first kappa shape index (κ1) is 60.3. The molecule has 3 aliphatic heterocycles. The summed E-state index contributed by atoms with van der Waals surface area (Å²) in [5, 5.41) is 17.2. The highest BCUT2D eigenvalue weighted by Crippen LogP contribution is 2.35. The molecule has 0 radical (unpaired) electrons. The van der Waals surface area contributed by atoms with Crippen molar-refractivity contribution in [3.8, 4) is 22.8 Å². The number of benzene rings is 3. The van der Waals surface area contributed by atoms with Crippen LogP contribution in [0, 0.1) is 0 Å². The number of hydrogen-bond donors (Lipinski definition) is 5. The molecule has 3 aliphatic rings. The van der Waals surface area contributed by atoms with E-state index in [-0.39, 0.29) is 59.8 Å². The number of nitrogens with one attached hydrogen (secondary N) is 5. The molecule has 1 atom stereocenters. The fraction of sp³-hybridized carbons (Fsp3) is 0.448. The molecule has 5 N–H and O–H groups in total. The van der Waals surface area contributed by atoms with Gasteiger partial charge in [0.1, 0.15) is 29.9 Å². The number of ether oxygens (including phenoxy) is 5. The zero-order chi connectivity index (χ0) is 59.2. The minimum atomic E-state index is -1.11. The fourth-order valence-corrected chi connectivity index (χ4v) is 10.6. The molecule has 2 fully saturated rings. The maximum atomic E-state index is 13.2. The lowest BCUT2D eigenvalue weighted by Crippen LogP contribution is -2.54. The number of hydrogen-bond acceptors (Lipinski definition) is 18. The Bertz CT molecular complexity index is 3350. The number of imide groups is 2. The number of urea groups is 1. The van der Waals surface area contributed by atoms with Crippen LogP contribution in [0.15, 0.2) is 77.4 Å². The van der Waals surface area contributed by atoms with Crippen LogP contribution in [0.1, 0.15) is 85.8 Å². The second-order valence-electron chi connectivity index (χ2n) is 21.2. The number of thiazole rings is 1. The molecule has 25 nitrogen and oxygen atoms in total. The van der Waals surface area contributed by atoms with E-state index in [2.05, 4.69) is 41.0 Å². The number of fused-ring (bicyclic) bond motifs is 4. The van der Waals surface area contributed by atoms with Gasteiger partial charge in [0.25, 0.3) is 17.7 Å². The highest BCUT2D eigenvalue weighted by atomic mass is 32.1. The maximum Gasteiger partial charge on any atom is 0.324 e. The Morgan fingerprint density at radius 2 is 1.49 bits per heavy atom. The number of carbonyl (C=O) groups is 8. The van der Waals surface area contributed by atoms with Crippen LogP contribution < -0.4 is 36.1 Å². The molecular formula is C58H69N11O14S. The second-order valence-corrected chi connectivity index (χ2v) is 22.2. The van der Waals surface area contributed by atoms with Crippen molar-refractivity contribution >= 4 is 85.4 Å². The molecule has 26 heteroatoms. The number of imidazole rings is 1. The highest BCUT2D eigenvalue weighted by molar-refractivity contribution is 7.23. The molecule has 1 unspecified atom stereocenters. The molecule has 3 aromatic heterocycles. The molecular weight excluding hydrogens is 1110 g/mol. The molecule has 0 spiro atoms. The van der Waals surface area contributed by atoms with Gasteiger partial charge in [-0.25, -0.2) is 9.78 Å². The summed E-state index contributed by atoms with van der Waals surface area (Å²) in [7, 11) is 0. The Morgan fingerprint density at radius 3 is 2.19 bits per heavy atom. The average molecular weight is 1180 g/mol. The topological polar surface area (TPSA) is 296 Å². The minimum Gasteiger partial charge on any atom is -0.492 e. The van der Waals surface area contributed by atoms with E-state index >= 15 is 0 Å². The van der Waals surface area contributed by atoms with Crippen molar-refractivity contribution in [2.45, 2.75) is 70.8 Å². The van der Waals surface area contributed by atoms with E-state index in [4.69, 9.17) is 33.2 Å². The normalized spacial score (nSPS) is 15.6. The number of carbonyl (C=O) groups excluding carboxylic acids is 8. The third-order valence-electron chi connectivity index (χ3n) is 14.1. The van der Waals surface area contributed by atoms with E-state index in [1.54, 1.807) is 17.4 Å². The van der Waals surface area contributed by atoms with Gasteiger partial charge in [0, 0.05) is 107 Å². The van der Waals surface area contributed by atoms with E-state index in [1.165, 1.54) is 18.2 Å². The van der Waals surface area contributed by atoms with Crippen LogP contribution in [0.4, 0.5) is 16.3 Å². The molecule has 0 aliphatic carbocycles. The fourth-order valence-electron chi connectivity index (χ4n) is 9.53. The number of amides is 9. The quantitative estimate of drug-likeness (QED) is 0.0319. The number of nitrogens with zero attached hydrogens (tertiary/aromatic N) is 6. The van der Waals surface area contributed by atoms with Crippen LogP contribution in [0.5, 0.6) is 11.5 Å². The van der Waals surface area contributed by atoms with Crippen molar-refractivity contribution in [1.29, 1.82) is 0 Å². The average Bonchev–Trinajstić information content (AvgIpc) is 2.92. The van der Waals surface area contributed by atoms with Crippen molar-refractivity contribution in [3.05, 3.63) is 89.8 Å². The summed E-state index contributed by atoms with van der Waals surface area (Å²) in [5.74, 6) is -1.39. The second kappa shape index (κ2) is 28.3. The van der Waals surface area contributed by atoms with Gasteiger partial charge >= 0.3 is 6.03 Å². The Kier molecular flexibility index (Phi) is 20.3. The van der Waals surface area contributed by atoms with Gasteiger partial charge in [0.2, 0.25) is 23.6 Å². The molecule has 6 heterocycles. The van der Waals surface area contributed by atoms with Gasteiger partial charge in [-0.1, -0.05) is 55.5 Å². The molecule has 0 saturated carbocycles. The molecule has 9 amide bonds. The predicted octanol–water partition coefficient (Wildman–Crippen LogP) is 4.99. The summed E-state index contributed by atoms with van der Waals surface area (Å²) in [6.45, 7) is 12.5. The molecule has 6 aromatic rings. The summed E-state index contributed by atoms with van der Waals surface area (Å²) in [4.78, 5) is 111. The van der Waals surface area contributed by atoms with Gasteiger partial charge < -0.3 is 49.1 Å². The van der Waals surface area contributed by atoms with Gasteiger partial charge in [0.15, 0.2) is 17.4 Å². The number of aromatic nitrogens is 3. The lowest BCUT2D eigenvalue weighted by atomic mass is 9.93. The van der Waals surface area contributed by atoms with Gasteiger partial charge in [0.05, 0.1) is 53.5 Å². The van der Waals surface area contributed by atoms with Crippen molar-refractivity contribution in [3.63, 3.8) is 0 Å². The van der Waals surface area contributed by atoms with Crippen LogP contribution >= 0.6 is 11.3 Å². The van der Waals surface area contributed by atoms with Crippen LogP contribution in [-0.4, -0.2) is 181 Å². The van der Waals surface area contributed by atoms with E-state index in [1.807, 2.05) is 74.3 Å². The van der Waals surface area contributed by atoms with Crippen molar-refractivity contribution < 1.29 is 66.6 Å². The van der Waals surface area contributed by atoms with Crippen LogP contribution in [0.25, 0.3) is 26.4 Å². The Labute approximate surface area is 488 Å². The van der Waals surface area contributed by atoms with Crippen LogP contribution in [-0.2, 0) is 43.6 Å². The zero-order valence-corrected chi connectivity index (χ0v) is 48.0. The summed E-state index contributed by atoms with van der Waals surface area (Å²) in [5.41, 5.74) is 3.17. The summed E-state index contributed by atoms with van der Waals surface area (Å²) < 4.78 is 36.9. The lowest BCUT2D eigenvalue weighted by Gasteiger charge is -2.34. The van der Waals surface area contributed by atoms with E-state index in [0.29, 0.717) is 103 Å². The molecule has 0 bridgehead atoms. The zero-order valence-electron chi connectivity index (χ0n) is 47.2. The molecule has 446 valence electrons. The number of rotatable bonds is 28. The SMILES string of the molecule is CC(C)(C)c1cc(NC(=O)Nc2ccc(-c3cn4c(n3)sc3cc(OCCN5CCN(C(=O)CCC(=O)NCCCOCCOCCOCCCNC(=O)COc6cccc7c6C(=O)N(C6CCC(=O)NC6=O)C7=O)CC5)ccc34)cc2)no1. The standard InChI is InChI=1S/C58H69N11O14S/c1-58(2,3)46-34-47(65-83-46)63-56(77)61-38-11-9-37(10-12-38)41-35-68-42-14-13-39(33-45(42)84-57(68)62-41)81-28-25-66-21-23-67(24-22-66)51(73)18-17-48(70)59-19-5-26-78-29-31-80-32-30-79-27-6-20-60-50(72)36-82-44-8-4-7-40-52(44)55(76)69(54(40)75)43-15-16-49(71)64-53(43)74/h4,7-14,33-35,43H,5-6,15-32,36H2,1-3H3,(H,59,70)(H,60,72)(H,64,71,74)(H2,61,63,65,77). The monoisotopic (exact) mass is 1180 g/mol. The van der Waals surface area contributed by atoms with Crippen molar-refractivity contribution in [2.24, 2.45) is 0 Å². The third kappa shape index (κ3) is 15.9. The summed E-state index contributed by atoms with van der Waals surface area (Å²) in [6.07, 6.45) is 3.45. The number of piperidine rings is 1. The summed E-state index contributed by atoms with van der Waals surface area (Å²) in [6, 6.07) is 18.1. The van der Waals surface area contributed by atoms with Gasteiger partial charge in [-0.15, -0.1) is 0 Å². The first-order chi connectivity index (χ1) is 40.6. The largest absolute Gasteiger partial charge is 0.492 e. The molecule has 2 saturated heterocycles. The van der Waals surface area contributed by atoms with Crippen LogP contribution in [0.3, 0.4) is 0 Å². The first-order valence-corrected chi connectivity index (χ1v) is 28.8. The smallest absolute Gasteiger partial charge is 0.324 e. The van der Waals surface area contributed by atoms with E-state index in [9.17, 15) is 38.4 Å². The first-order valence-electron chi connectivity index (χ1n) is 28.0. The van der Waals surface area contributed by atoms with Crippen molar-refractivity contribution in [1.82, 2.24) is 45.2 Å². The molecule has 3 aromatic carbocycles. The Morgan fingerprint density at radius 1 is 0.774 bits per heavy atom. The van der Waals surface area contributed by atoms with Gasteiger partial charge in [-0.05, 0) is 61.7 Å². The summed E-state index contributed by atoms with van der Waals surface area (Å²) >= 11 is 1.58. The van der Waals surface area contributed by atoms with Gasteiger partial charge in [-0.3, -0.25) is 58.4 Å². The minimum absolute atomic E-state index is 0.00169. The van der Waals surface area contributed by atoms with Crippen molar-refractivity contribution in [2.75, 3.05) is 109 Å².